The molecule has 0 saturated heterocycles. The van der Waals surface area contributed by atoms with E-state index in [9.17, 15) is 0 Å². The number of ether oxygens (including phenoxy) is 3. The average molecular weight is 383 g/mol. The molecule has 1 aliphatic heterocycles. The average Bonchev–Trinajstić information content (AvgIpc) is 3.40. The van der Waals surface area contributed by atoms with Crippen LogP contribution in [0.3, 0.4) is 0 Å². The van der Waals surface area contributed by atoms with Crippen molar-refractivity contribution in [3.63, 3.8) is 0 Å². The number of fused-ring (bicyclic) bond motifs is 1. The van der Waals surface area contributed by atoms with E-state index in [0.29, 0.717) is 0 Å². The lowest BCUT2D eigenvalue weighted by Crippen LogP contribution is -2.31. The molecule has 0 spiro atoms. The van der Waals surface area contributed by atoms with Crippen LogP contribution < -0.4 is 14.2 Å². The quantitative estimate of drug-likeness (QED) is 0.615. The number of hydrogen-bond donors (Lipinski definition) is 0. The number of aromatic nitrogens is 2. The van der Waals surface area contributed by atoms with E-state index < -0.39 is 0 Å². The number of rotatable bonds is 9. The van der Waals surface area contributed by atoms with Crippen molar-refractivity contribution in [3.8, 4) is 17.2 Å². The Labute approximate surface area is 166 Å². The molecule has 150 valence electrons. The summed E-state index contributed by atoms with van der Waals surface area (Å²) >= 11 is 0. The predicted octanol–water partition coefficient (Wildman–Crippen LogP) is 3.87. The van der Waals surface area contributed by atoms with Gasteiger partial charge in [0.05, 0.1) is 13.4 Å². The Balaban J connectivity index is 1.43. The van der Waals surface area contributed by atoms with Crippen LogP contribution in [0.5, 0.6) is 17.2 Å². The third kappa shape index (κ3) is 4.68. The maximum Gasteiger partial charge on any atom is 0.231 e. The lowest BCUT2D eigenvalue weighted by molar-refractivity contribution is 0.171. The third-order valence-electron chi connectivity index (χ3n) is 5.47. The van der Waals surface area contributed by atoms with E-state index >= 15 is 0 Å². The summed E-state index contributed by atoms with van der Waals surface area (Å²) < 4.78 is 18.8. The molecule has 1 aliphatic carbocycles. The highest BCUT2D eigenvalue weighted by atomic mass is 16.7. The van der Waals surface area contributed by atoms with Crippen LogP contribution in [0.25, 0.3) is 0 Å². The summed E-state index contributed by atoms with van der Waals surface area (Å²) in [6.07, 6.45) is 15.2. The van der Waals surface area contributed by atoms with Gasteiger partial charge in [0.25, 0.3) is 0 Å². The van der Waals surface area contributed by atoms with Crippen molar-refractivity contribution in [2.75, 3.05) is 27.0 Å². The summed E-state index contributed by atoms with van der Waals surface area (Å²) in [6.45, 7) is 4.31. The van der Waals surface area contributed by atoms with Crippen molar-refractivity contribution in [3.05, 3.63) is 48.6 Å². The second-order valence-electron chi connectivity index (χ2n) is 7.57. The Morgan fingerprint density at radius 2 is 2.25 bits per heavy atom. The normalized spacial score (nSPS) is 18.0. The summed E-state index contributed by atoms with van der Waals surface area (Å²) in [4.78, 5) is 6.70. The topological polar surface area (TPSA) is 48.8 Å². The summed E-state index contributed by atoms with van der Waals surface area (Å²) in [5, 5.41) is 0. The van der Waals surface area contributed by atoms with Gasteiger partial charge in [0, 0.05) is 38.6 Å². The molecule has 0 unspecified atom stereocenters. The molecule has 0 fully saturated rings. The minimum Gasteiger partial charge on any atom is -0.493 e. The fraction of sp³-hybridized carbons (Fsp3) is 0.500. The van der Waals surface area contributed by atoms with Gasteiger partial charge in [-0.3, -0.25) is 4.90 Å². The second-order valence-corrected chi connectivity index (χ2v) is 7.57. The molecule has 2 aromatic rings. The number of aryl methyl sites for hydroxylation is 1. The molecular weight excluding hydrogens is 354 g/mol. The van der Waals surface area contributed by atoms with Crippen LogP contribution in [-0.2, 0) is 13.1 Å². The van der Waals surface area contributed by atoms with E-state index in [0.717, 1.165) is 55.8 Å². The van der Waals surface area contributed by atoms with Gasteiger partial charge < -0.3 is 18.8 Å². The van der Waals surface area contributed by atoms with E-state index in [1.807, 2.05) is 18.7 Å². The Kier molecular flexibility index (Phi) is 6.17. The minimum atomic E-state index is 0.262. The van der Waals surface area contributed by atoms with Gasteiger partial charge >= 0.3 is 0 Å². The van der Waals surface area contributed by atoms with Gasteiger partial charge in [-0.1, -0.05) is 12.2 Å². The molecule has 2 aliphatic rings. The van der Waals surface area contributed by atoms with Crippen LogP contribution in [0.2, 0.25) is 0 Å². The fourth-order valence-corrected chi connectivity index (χ4v) is 4.05. The zero-order valence-corrected chi connectivity index (χ0v) is 16.5. The maximum atomic E-state index is 5.60. The number of allylic oxidation sites excluding steroid dienone is 2. The van der Waals surface area contributed by atoms with Crippen LogP contribution in [0.15, 0.2) is 43.0 Å². The first-order valence-corrected chi connectivity index (χ1v) is 10.1. The highest BCUT2D eigenvalue weighted by Crippen LogP contribution is 2.42. The number of imidazole rings is 1. The van der Waals surface area contributed by atoms with Gasteiger partial charge in [-0.05, 0) is 49.3 Å². The molecular formula is C22H29N3O3. The summed E-state index contributed by atoms with van der Waals surface area (Å²) in [6, 6.07) is 4.17. The van der Waals surface area contributed by atoms with E-state index in [2.05, 4.69) is 38.7 Å². The Morgan fingerprint density at radius 1 is 1.29 bits per heavy atom. The van der Waals surface area contributed by atoms with Crippen LogP contribution >= 0.6 is 0 Å². The first kappa shape index (κ1) is 18.9. The molecule has 0 bridgehead atoms. The van der Waals surface area contributed by atoms with Crippen LogP contribution in [0.4, 0.5) is 0 Å². The number of benzene rings is 1. The lowest BCUT2D eigenvalue weighted by Gasteiger charge is -2.28. The van der Waals surface area contributed by atoms with Crippen LogP contribution in [0, 0.1) is 5.92 Å². The Morgan fingerprint density at radius 3 is 3.04 bits per heavy atom. The van der Waals surface area contributed by atoms with E-state index in [4.69, 9.17) is 14.2 Å². The Hall–Kier alpha value is -2.47. The molecule has 4 rings (SSSR count). The van der Waals surface area contributed by atoms with Crippen molar-refractivity contribution in [2.45, 2.75) is 38.8 Å². The van der Waals surface area contributed by atoms with Gasteiger partial charge in [-0.25, -0.2) is 4.98 Å². The molecule has 0 saturated carbocycles. The molecule has 6 heteroatoms. The fourth-order valence-electron chi connectivity index (χ4n) is 4.05. The lowest BCUT2D eigenvalue weighted by atomic mass is 9.93. The molecule has 1 atom stereocenters. The molecule has 0 amide bonds. The minimum absolute atomic E-state index is 0.262. The molecule has 6 nitrogen and oxygen atoms in total. The van der Waals surface area contributed by atoms with Crippen LogP contribution in [-0.4, -0.2) is 41.4 Å². The zero-order chi connectivity index (χ0) is 19.2. The number of hydrogen-bond acceptors (Lipinski definition) is 5. The second kappa shape index (κ2) is 9.15. The van der Waals surface area contributed by atoms with E-state index in [1.165, 1.54) is 24.8 Å². The number of nitrogens with zero attached hydrogens (tertiary/aromatic N) is 3. The van der Waals surface area contributed by atoms with Crippen molar-refractivity contribution >= 4 is 0 Å². The summed E-state index contributed by atoms with van der Waals surface area (Å²) in [5.74, 6) is 2.99. The van der Waals surface area contributed by atoms with Gasteiger partial charge in [0.15, 0.2) is 11.5 Å². The maximum absolute atomic E-state index is 5.60. The molecule has 1 aromatic carbocycles. The first-order chi connectivity index (χ1) is 13.8. The smallest absolute Gasteiger partial charge is 0.231 e. The molecule has 28 heavy (non-hydrogen) atoms. The van der Waals surface area contributed by atoms with E-state index in [1.54, 1.807) is 7.11 Å². The van der Waals surface area contributed by atoms with E-state index in [-0.39, 0.29) is 6.79 Å². The van der Waals surface area contributed by atoms with Crippen molar-refractivity contribution < 1.29 is 14.2 Å². The van der Waals surface area contributed by atoms with Crippen molar-refractivity contribution in [1.82, 2.24) is 14.5 Å². The largest absolute Gasteiger partial charge is 0.493 e. The van der Waals surface area contributed by atoms with Crippen molar-refractivity contribution in [1.29, 1.82) is 0 Å². The van der Waals surface area contributed by atoms with Gasteiger partial charge in [0.1, 0.15) is 0 Å². The highest BCUT2D eigenvalue weighted by Gasteiger charge is 2.22. The molecule has 0 N–H and O–H groups in total. The van der Waals surface area contributed by atoms with Crippen molar-refractivity contribution in [2.24, 2.45) is 5.92 Å². The molecule has 1 aromatic heterocycles. The van der Waals surface area contributed by atoms with Gasteiger partial charge in [-0.15, -0.1) is 0 Å². The monoisotopic (exact) mass is 383 g/mol. The molecule has 2 heterocycles. The summed E-state index contributed by atoms with van der Waals surface area (Å²) in [7, 11) is 1.68. The van der Waals surface area contributed by atoms with Crippen LogP contribution in [0.1, 0.15) is 31.2 Å². The third-order valence-corrected chi connectivity index (χ3v) is 5.47. The SMILES string of the molecule is COc1cc(CN(CCCn2ccnc2)C[C@@H]2CC=CCC2)cc2c1OCO2. The zero-order valence-electron chi connectivity index (χ0n) is 16.5. The standard InChI is InChI=1S/C22H29N3O3/c1-26-20-12-19(13-21-22(20)28-17-27-21)15-25(14-18-6-3-2-4-7-18)10-5-9-24-11-8-23-16-24/h2-3,8,11-13,16,18H,4-7,9-10,14-15,17H2,1H3/t18-/m1/s1. The predicted molar refractivity (Wildman–Crippen MR) is 108 cm³/mol. The molecule has 0 radical (unpaired) electrons. The summed E-state index contributed by atoms with van der Waals surface area (Å²) in [5.41, 5.74) is 1.20. The highest BCUT2D eigenvalue weighted by molar-refractivity contribution is 5.55. The van der Waals surface area contributed by atoms with Gasteiger partial charge in [-0.2, -0.15) is 0 Å². The Bertz CT molecular complexity index is 789. The van der Waals surface area contributed by atoms with Gasteiger partial charge in [0.2, 0.25) is 12.5 Å². The first-order valence-electron chi connectivity index (χ1n) is 10.1. The number of methoxy groups -OCH3 is 1.